The number of rotatable bonds is 2. The van der Waals surface area contributed by atoms with E-state index in [0.717, 1.165) is 18.4 Å². The molecule has 1 aliphatic rings. The molecule has 78 valence electrons. The van der Waals surface area contributed by atoms with Crippen LogP contribution in [0.1, 0.15) is 33.1 Å². The summed E-state index contributed by atoms with van der Waals surface area (Å²) in [6.07, 6.45) is 7.65. The van der Waals surface area contributed by atoms with Crippen molar-refractivity contribution in [3.63, 3.8) is 0 Å². The Morgan fingerprint density at radius 2 is 2.50 bits per heavy atom. The summed E-state index contributed by atoms with van der Waals surface area (Å²) < 4.78 is 0. The molecule has 0 aliphatic carbocycles. The molecule has 2 rings (SSSR count). The first-order valence-corrected chi connectivity index (χ1v) is 5.57. The quantitative estimate of drug-likeness (QED) is 0.782. The Morgan fingerprint density at radius 3 is 3.07 bits per heavy atom. The highest BCUT2D eigenvalue weighted by molar-refractivity contribution is 5.31. The van der Waals surface area contributed by atoms with E-state index in [2.05, 4.69) is 28.7 Å². The number of aromatic nitrogens is 2. The second-order valence-corrected chi connectivity index (χ2v) is 4.25. The number of nitrogens with one attached hydrogen (secondary N) is 1. The van der Waals surface area contributed by atoms with Gasteiger partial charge in [-0.1, -0.05) is 13.3 Å². The van der Waals surface area contributed by atoms with E-state index < -0.39 is 0 Å². The fourth-order valence-electron chi connectivity index (χ4n) is 2.37. The van der Waals surface area contributed by atoms with Gasteiger partial charge in [-0.15, -0.1) is 0 Å². The van der Waals surface area contributed by atoms with Crippen LogP contribution in [0.3, 0.4) is 0 Å². The van der Waals surface area contributed by atoms with Gasteiger partial charge in [0.25, 0.3) is 0 Å². The molecule has 2 unspecified atom stereocenters. The number of aromatic amines is 1. The number of imidazole rings is 1. The molecular formula is C11H19N3. The van der Waals surface area contributed by atoms with Crippen molar-refractivity contribution in [3.8, 4) is 0 Å². The van der Waals surface area contributed by atoms with Gasteiger partial charge in [0.05, 0.1) is 0 Å². The Morgan fingerprint density at radius 1 is 1.64 bits per heavy atom. The summed E-state index contributed by atoms with van der Waals surface area (Å²) >= 11 is 0. The molecule has 3 heteroatoms. The molecule has 0 radical (unpaired) electrons. The van der Waals surface area contributed by atoms with Crippen molar-refractivity contribution in [2.24, 2.45) is 5.92 Å². The standard InChI is InChI=1S/C11H19N3/c1-3-10-4-7-14(9(2)8-10)11-12-5-6-13-11/h5-6,9-10H,3-4,7-8H2,1-2H3,(H,12,13). The number of H-pyrrole nitrogens is 1. The van der Waals surface area contributed by atoms with Gasteiger partial charge < -0.3 is 9.88 Å². The predicted octanol–water partition coefficient (Wildman–Crippen LogP) is 2.42. The summed E-state index contributed by atoms with van der Waals surface area (Å²) in [5, 5.41) is 0. The van der Waals surface area contributed by atoms with E-state index in [9.17, 15) is 0 Å². The average molecular weight is 193 g/mol. The SMILES string of the molecule is CCC1CCN(c2ncc[nH]2)C(C)C1. The Hall–Kier alpha value is -0.990. The van der Waals surface area contributed by atoms with Gasteiger partial charge in [0.15, 0.2) is 0 Å². The van der Waals surface area contributed by atoms with Gasteiger partial charge in [0, 0.05) is 25.0 Å². The molecule has 2 heterocycles. The van der Waals surface area contributed by atoms with Crippen molar-refractivity contribution in [1.82, 2.24) is 9.97 Å². The highest BCUT2D eigenvalue weighted by Gasteiger charge is 2.25. The molecule has 14 heavy (non-hydrogen) atoms. The molecule has 1 aliphatic heterocycles. The Kier molecular flexibility index (Phi) is 2.75. The van der Waals surface area contributed by atoms with Gasteiger partial charge in [-0.3, -0.25) is 0 Å². The van der Waals surface area contributed by atoms with Crippen LogP contribution >= 0.6 is 0 Å². The normalized spacial score (nSPS) is 28.0. The molecule has 1 aromatic rings. The Bertz CT molecular complexity index is 268. The lowest BCUT2D eigenvalue weighted by molar-refractivity contribution is 0.342. The van der Waals surface area contributed by atoms with Gasteiger partial charge in [0.1, 0.15) is 0 Å². The number of anilines is 1. The lowest BCUT2D eigenvalue weighted by Gasteiger charge is -2.37. The fourth-order valence-corrected chi connectivity index (χ4v) is 2.37. The van der Waals surface area contributed by atoms with Crippen molar-refractivity contribution in [1.29, 1.82) is 0 Å². The van der Waals surface area contributed by atoms with Gasteiger partial charge in [-0.05, 0) is 25.7 Å². The zero-order chi connectivity index (χ0) is 9.97. The van der Waals surface area contributed by atoms with Gasteiger partial charge in [0.2, 0.25) is 5.95 Å². The third kappa shape index (κ3) is 1.76. The van der Waals surface area contributed by atoms with Crippen molar-refractivity contribution < 1.29 is 0 Å². The van der Waals surface area contributed by atoms with E-state index in [-0.39, 0.29) is 0 Å². The monoisotopic (exact) mass is 193 g/mol. The van der Waals surface area contributed by atoms with Crippen molar-refractivity contribution >= 4 is 5.95 Å². The average Bonchev–Trinajstić information content (AvgIpc) is 2.70. The van der Waals surface area contributed by atoms with Crippen LogP contribution in [0.15, 0.2) is 12.4 Å². The zero-order valence-corrected chi connectivity index (χ0v) is 9.03. The molecule has 1 N–H and O–H groups in total. The van der Waals surface area contributed by atoms with E-state index in [1.807, 2.05) is 12.4 Å². The first kappa shape index (κ1) is 9.56. The minimum atomic E-state index is 0.625. The Balaban J connectivity index is 2.02. The van der Waals surface area contributed by atoms with Crippen molar-refractivity contribution in [2.45, 2.75) is 39.2 Å². The van der Waals surface area contributed by atoms with Gasteiger partial charge in [-0.25, -0.2) is 4.98 Å². The van der Waals surface area contributed by atoms with E-state index >= 15 is 0 Å². The number of piperidine rings is 1. The minimum Gasteiger partial charge on any atom is -0.340 e. The van der Waals surface area contributed by atoms with Crippen LogP contribution in [0.4, 0.5) is 5.95 Å². The summed E-state index contributed by atoms with van der Waals surface area (Å²) in [5.74, 6) is 1.95. The summed E-state index contributed by atoms with van der Waals surface area (Å²) in [6, 6.07) is 0.625. The topological polar surface area (TPSA) is 31.9 Å². The van der Waals surface area contributed by atoms with Crippen molar-refractivity contribution in [3.05, 3.63) is 12.4 Å². The van der Waals surface area contributed by atoms with Crippen LogP contribution < -0.4 is 4.90 Å². The Labute approximate surface area is 85.5 Å². The smallest absolute Gasteiger partial charge is 0.202 e. The molecule has 1 fully saturated rings. The lowest BCUT2D eigenvalue weighted by atomic mass is 9.90. The highest BCUT2D eigenvalue weighted by atomic mass is 15.3. The number of nitrogens with zero attached hydrogens (tertiary/aromatic N) is 2. The number of hydrogen-bond acceptors (Lipinski definition) is 2. The van der Waals surface area contributed by atoms with Crippen LogP contribution in [-0.2, 0) is 0 Å². The molecule has 0 saturated carbocycles. The zero-order valence-electron chi connectivity index (χ0n) is 9.03. The maximum atomic E-state index is 4.31. The van der Waals surface area contributed by atoms with Crippen molar-refractivity contribution in [2.75, 3.05) is 11.4 Å². The maximum absolute atomic E-state index is 4.31. The summed E-state index contributed by atoms with van der Waals surface area (Å²) in [5.41, 5.74) is 0. The van der Waals surface area contributed by atoms with E-state index in [4.69, 9.17) is 0 Å². The van der Waals surface area contributed by atoms with Crippen LogP contribution in [0.5, 0.6) is 0 Å². The maximum Gasteiger partial charge on any atom is 0.202 e. The first-order chi connectivity index (χ1) is 6.81. The van der Waals surface area contributed by atoms with Crippen LogP contribution in [-0.4, -0.2) is 22.6 Å². The second-order valence-electron chi connectivity index (χ2n) is 4.25. The number of hydrogen-bond donors (Lipinski definition) is 1. The van der Waals surface area contributed by atoms with E-state index in [1.54, 1.807) is 0 Å². The highest BCUT2D eigenvalue weighted by Crippen LogP contribution is 2.27. The molecule has 0 spiro atoms. The molecular weight excluding hydrogens is 174 g/mol. The molecule has 0 amide bonds. The van der Waals surface area contributed by atoms with Crippen LogP contribution in [0, 0.1) is 5.92 Å². The summed E-state index contributed by atoms with van der Waals surface area (Å²) in [6.45, 7) is 5.73. The van der Waals surface area contributed by atoms with E-state index in [0.29, 0.717) is 6.04 Å². The van der Waals surface area contributed by atoms with Crippen LogP contribution in [0.2, 0.25) is 0 Å². The second kappa shape index (κ2) is 4.03. The summed E-state index contributed by atoms with van der Waals surface area (Å²) in [7, 11) is 0. The molecule has 1 saturated heterocycles. The molecule has 3 nitrogen and oxygen atoms in total. The molecule has 1 aromatic heterocycles. The van der Waals surface area contributed by atoms with Gasteiger partial charge >= 0.3 is 0 Å². The minimum absolute atomic E-state index is 0.625. The largest absolute Gasteiger partial charge is 0.340 e. The third-order valence-corrected chi connectivity index (χ3v) is 3.32. The summed E-state index contributed by atoms with van der Waals surface area (Å²) in [4.78, 5) is 9.88. The molecule has 2 atom stereocenters. The van der Waals surface area contributed by atoms with Gasteiger partial charge in [-0.2, -0.15) is 0 Å². The first-order valence-electron chi connectivity index (χ1n) is 5.57. The lowest BCUT2D eigenvalue weighted by Crippen LogP contribution is -2.41. The van der Waals surface area contributed by atoms with Crippen LogP contribution in [0.25, 0.3) is 0 Å². The molecule has 0 aromatic carbocycles. The molecule has 0 bridgehead atoms. The third-order valence-electron chi connectivity index (χ3n) is 3.32. The van der Waals surface area contributed by atoms with E-state index in [1.165, 1.54) is 19.3 Å². The predicted molar refractivity (Wildman–Crippen MR) is 58.4 cm³/mol. The fraction of sp³-hybridized carbons (Fsp3) is 0.727.